The van der Waals surface area contributed by atoms with Gasteiger partial charge in [0.25, 0.3) is 0 Å². The molecule has 0 unspecified atom stereocenters. The average molecular weight is 328 g/mol. The van der Waals surface area contributed by atoms with Crippen molar-refractivity contribution < 1.29 is 9.15 Å². The summed E-state index contributed by atoms with van der Waals surface area (Å²) in [5.41, 5.74) is 1.12. The molecule has 114 valence electrons. The van der Waals surface area contributed by atoms with Crippen LogP contribution in [0.1, 0.15) is 30.4 Å². The van der Waals surface area contributed by atoms with Crippen LogP contribution in [0.5, 0.6) is 5.75 Å². The number of rotatable bonds is 7. The van der Waals surface area contributed by atoms with E-state index < -0.39 is 0 Å². The highest BCUT2D eigenvalue weighted by Crippen LogP contribution is 2.28. The lowest BCUT2D eigenvalue weighted by molar-refractivity contribution is 0.265. The van der Waals surface area contributed by atoms with Crippen molar-refractivity contribution in [3.63, 3.8) is 0 Å². The van der Waals surface area contributed by atoms with Gasteiger partial charge in [-0.05, 0) is 43.7 Å². The summed E-state index contributed by atoms with van der Waals surface area (Å²) in [6.07, 6.45) is 1.10. The Hall–Kier alpha value is -1.16. The molecule has 0 spiro atoms. The van der Waals surface area contributed by atoms with E-state index in [0.717, 1.165) is 36.6 Å². The van der Waals surface area contributed by atoms with Gasteiger partial charge in [0, 0.05) is 11.1 Å². The van der Waals surface area contributed by atoms with Gasteiger partial charge in [-0.25, -0.2) is 0 Å². The molecule has 2 aromatic rings. The van der Waals surface area contributed by atoms with Gasteiger partial charge in [-0.2, -0.15) is 0 Å². The normalized spacial score (nSPS) is 10.9. The van der Waals surface area contributed by atoms with Crippen molar-refractivity contribution in [1.29, 1.82) is 0 Å². The molecule has 2 rings (SSSR count). The third-order valence-electron chi connectivity index (χ3n) is 3.05. The van der Waals surface area contributed by atoms with Gasteiger partial charge < -0.3 is 14.5 Å². The fourth-order valence-electron chi connectivity index (χ4n) is 1.95. The summed E-state index contributed by atoms with van der Waals surface area (Å²) in [6, 6.07) is 7.13. The van der Waals surface area contributed by atoms with Crippen LogP contribution in [0.2, 0.25) is 10.0 Å². The van der Waals surface area contributed by atoms with Gasteiger partial charge in [-0.15, -0.1) is 0 Å². The Morgan fingerprint density at radius 2 is 2.05 bits per heavy atom. The lowest BCUT2D eigenvalue weighted by Crippen LogP contribution is -2.13. The Kier molecular flexibility index (Phi) is 5.97. The van der Waals surface area contributed by atoms with Gasteiger partial charge in [-0.1, -0.05) is 30.1 Å². The molecule has 0 saturated carbocycles. The van der Waals surface area contributed by atoms with Crippen molar-refractivity contribution in [2.75, 3.05) is 6.54 Å². The van der Waals surface area contributed by atoms with Gasteiger partial charge in [0.15, 0.2) is 0 Å². The molecule has 0 radical (unpaired) electrons. The smallest absolute Gasteiger partial charge is 0.146 e. The topological polar surface area (TPSA) is 34.4 Å². The Labute approximate surface area is 135 Å². The van der Waals surface area contributed by atoms with E-state index >= 15 is 0 Å². The molecular formula is C16H19Cl2NO2. The Balaban J connectivity index is 1.97. The zero-order chi connectivity index (χ0) is 15.2. The molecular weight excluding hydrogens is 309 g/mol. The summed E-state index contributed by atoms with van der Waals surface area (Å²) in [5, 5.41) is 4.45. The highest BCUT2D eigenvalue weighted by atomic mass is 35.5. The Morgan fingerprint density at radius 3 is 2.81 bits per heavy atom. The van der Waals surface area contributed by atoms with Crippen LogP contribution in [-0.4, -0.2) is 6.54 Å². The van der Waals surface area contributed by atoms with E-state index in [0.29, 0.717) is 22.4 Å². The van der Waals surface area contributed by atoms with Gasteiger partial charge in [-0.3, -0.25) is 0 Å². The van der Waals surface area contributed by atoms with Crippen LogP contribution < -0.4 is 10.1 Å². The summed E-state index contributed by atoms with van der Waals surface area (Å²) in [6.45, 7) is 6.20. The monoisotopic (exact) mass is 327 g/mol. The van der Waals surface area contributed by atoms with Crippen LogP contribution in [0.4, 0.5) is 0 Å². The maximum absolute atomic E-state index is 6.06. The molecule has 1 aromatic heterocycles. The van der Waals surface area contributed by atoms with Crippen LogP contribution in [0, 0.1) is 6.92 Å². The summed E-state index contributed by atoms with van der Waals surface area (Å²) in [4.78, 5) is 0. The highest BCUT2D eigenvalue weighted by molar-refractivity contribution is 6.34. The van der Waals surface area contributed by atoms with Crippen molar-refractivity contribution in [1.82, 2.24) is 5.32 Å². The van der Waals surface area contributed by atoms with E-state index in [1.807, 2.05) is 13.0 Å². The average Bonchev–Trinajstić information content (AvgIpc) is 2.81. The third-order valence-corrected chi connectivity index (χ3v) is 3.59. The number of furan rings is 1. The molecule has 0 bridgehead atoms. The quantitative estimate of drug-likeness (QED) is 0.729. The number of ether oxygens (including phenoxy) is 1. The van der Waals surface area contributed by atoms with Crippen molar-refractivity contribution >= 4 is 23.2 Å². The van der Waals surface area contributed by atoms with Gasteiger partial charge in [0.05, 0.1) is 11.6 Å². The zero-order valence-electron chi connectivity index (χ0n) is 12.2. The van der Waals surface area contributed by atoms with Crippen LogP contribution in [0.15, 0.2) is 28.7 Å². The predicted octanol–water partition coefficient (Wildman–Crippen LogP) is 4.97. The van der Waals surface area contributed by atoms with E-state index in [1.54, 1.807) is 18.2 Å². The molecule has 0 atom stereocenters. The Morgan fingerprint density at radius 1 is 1.24 bits per heavy atom. The van der Waals surface area contributed by atoms with Crippen LogP contribution >= 0.6 is 23.2 Å². The van der Waals surface area contributed by atoms with Gasteiger partial charge in [0.2, 0.25) is 0 Å². The molecule has 3 nitrogen and oxygen atoms in total. The molecule has 0 amide bonds. The number of benzene rings is 1. The minimum absolute atomic E-state index is 0.328. The number of aryl methyl sites for hydroxylation is 1. The van der Waals surface area contributed by atoms with Crippen molar-refractivity contribution in [2.24, 2.45) is 0 Å². The zero-order valence-corrected chi connectivity index (χ0v) is 13.7. The number of halogens is 2. The summed E-state index contributed by atoms with van der Waals surface area (Å²) >= 11 is 12.0. The second-order valence-corrected chi connectivity index (χ2v) is 5.70. The molecule has 0 saturated heterocycles. The van der Waals surface area contributed by atoms with Crippen LogP contribution in [-0.2, 0) is 13.2 Å². The fraction of sp³-hybridized carbons (Fsp3) is 0.375. The lowest BCUT2D eigenvalue weighted by Gasteiger charge is -2.06. The molecule has 0 aliphatic carbocycles. The standard InChI is InChI=1S/C16H19Cl2NO2/c1-3-6-19-9-16-11(2)7-13(21-16)10-20-15-8-12(17)4-5-14(15)18/h4-5,7-8,19H,3,6,9-10H2,1-2H3. The molecule has 21 heavy (non-hydrogen) atoms. The second kappa shape index (κ2) is 7.74. The van der Waals surface area contributed by atoms with E-state index in [1.165, 1.54) is 0 Å². The van der Waals surface area contributed by atoms with Gasteiger partial charge >= 0.3 is 0 Å². The minimum atomic E-state index is 0.328. The molecule has 1 aromatic carbocycles. The van der Waals surface area contributed by atoms with Crippen molar-refractivity contribution in [3.8, 4) is 5.75 Å². The molecule has 1 N–H and O–H groups in total. The van der Waals surface area contributed by atoms with Gasteiger partial charge in [0.1, 0.15) is 23.9 Å². The molecule has 5 heteroatoms. The number of nitrogens with one attached hydrogen (secondary N) is 1. The predicted molar refractivity (Wildman–Crippen MR) is 86.2 cm³/mol. The van der Waals surface area contributed by atoms with E-state index in [2.05, 4.69) is 12.2 Å². The number of hydrogen-bond acceptors (Lipinski definition) is 3. The molecule has 0 fully saturated rings. The largest absolute Gasteiger partial charge is 0.484 e. The van der Waals surface area contributed by atoms with E-state index in [9.17, 15) is 0 Å². The summed E-state index contributed by atoms with van der Waals surface area (Å²) < 4.78 is 11.5. The summed E-state index contributed by atoms with van der Waals surface area (Å²) in [5.74, 6) is 2.28. The van der Waals surface area contributed by atoms with Crippen molar-refractivity contribution in [2.45, 2.75) is 33.4 Å². The maximum Gasteiger partial charge on any atom is 0.146 e. The van der Waals surface area contributed by atoms with Crippen LogP contribution in [0.25, 0.3) is 0 Å². The third kappa shape index (κ3) is 4.67. The highest BCUT2D eigenvalue weighted by Gasteiger charge is 2.09. The van der Waals surface area contributed by atoms with Crippen molar-refractivity contribution in [3.05, 3.63) is 51.4 Å². The fourth-order valence-corrected chi connectivity index (χ4v) is 2.29. The second-order valence-electron chi connectivity index (χ2n) is 4.86. The maximum atomic E-state index is 6.06. The lowest BCUT2D eigenvalue weighted by atomic mass is 10.2. The first-order valence-corrected chi connectivity index (χ1v) is 7.72. The Bertz CT molecular complexity index is 596. The van der Waals surface area contributed by atoms with E-state index in [-0.39, 0.29) is 0 Å². The molecule has 0 aliphatic rings. The minimum Gasteiger partial charge on any atom is -0.484 e. The first kappa shape index (κ1) is 16.2. The first-order valence-electron chi connectivity index (χ1n) is 6.97. The van der Waals surface area contributed by atoms with E-state index in [4.69, 9.17) is 32.4 Å². The molecule has 0 aliphatic heterocycles. The summed E-state index contributed by atoms with van der Waals surface area (Å²) in [7, 11) is 0. The van der Waals surface area contributed by atoms with Crippen LogP contribution in [0.3, 0.4) is 0 Å². The number of hydrogen-bond donors (Lipinski definition) is 1. The SMILES string of the molecule is CCCNCc1oc(COc2cc(Cl)ccc2Cl)cc1C. The first-order chi connectivity index (χ1) is 10.1. The molecule has 1 heterocycles.